The van der Waals surface area contributed by atoms with Crippen LogP contribution in [0.25, 0.3) is 11.5 Å². The summed E-state index contributed by atoms with van der Waals surface area (Å²) in [5.74, 6) is 3.60. The fourth-order valence-corrected chi connectivity index (χ4v) is 4.96. The van der Waals surface area contributed by atoms with E-state index in [1.807, 2.05) is 48.8 Å². The van der Waals surface area contributed by atoms with Crippen molar-refractivity contribution < 1.29 is 4.42 Å². The number of hydrogen-bond acceptors (Lipinski definition) is 5. The maximum absolute atomic E-state index is 6.01. The molecule has 168 valence electrons. The SMILES string of the molecule is CC1=C[C@@H](CN(C)Cc2cccnc2)[C@H](C(C)C)C[C@H]1Cc1nnc(-c2ccccc2)o1. The van der Waals surface area contributed by atoms with Gasteiger partial charge in [0.25, 0.3) is 0 Å². The Morgan fingerprint density at radius 2 is 1.91 bits per heavy atom. The van der Waals surface area contributed by atoms with Crippen molar-refractivity contribution in [2.24, 2.45) is 23.7 Å². The zero-order valence-electron chi connectivity index (χ0n) is 19.6. The number of hydrogen-bond donors (Lipinski definition) is 0. The van der Waals surface area contributed by atoms with Crippen LogP contribution in [-0.2, 0) is 13.0 Å². The van der Waals surface area contributed by atoms with Crippen LogP contribution in [0.2, 0.25) is 0 Å². The van der Waals surface area contributed by atoms with Gasteiger partial charge in [0.05, 0.1) is 0 Å². The Bertz CT molecular complexity index is 1010. The van der Waals surface area contributed by atoms with Gasteiger partial charge in [-0.2, -0.15) is 0 Å². The van der Waals surface area contributed by atoms with E-state index in [0.29, 0.717) is 29.6 Å². The summed E-state index contributed by atoms with van der Waals surface area (Å²) in [6.07, 6.45) is 8.27. The molecular formula is C27H34N4O. The molecule has 2 aromatic heterocycles. The summed E-state index contributed by atoms with van der Waals surface area (Å²) in [4.78, 5) is 6.67. The second-order valence-corrected chi connectivity index (χ2v) is 9.54. The predicted molar refractivity (Wildman–Crippen MR) is 128 cm³/mol. The van der Waals surface area contributed by atoms with Crippen LogP contribution in [0.1, 0.15) is 38.6 Å². The van der Waals surface area contributed by atoms with Crippen LogP contribution in [0.5, 0.6) is 0 Å². The lowest BCUT2D eigenvalue weighted by Gasteiger charge is -2.38. The van der Waals surface area contributed by atoms with E-state index in [4.69, 9.17) is 4.42 Å². The number of nitrogens with zero attached hydrogens (tertiary/aromatic N) is 4. The monoisotopic (exact) mass is 430 g/mol. The first-order valence-corrected chi connectivity index (χ1v) is 11.6. The number of benzene rings is 1. The van der Waals surface area contributed by atoms with Gasteiger partial charge in [0, 0.05) is 37.5 Å². The minimum absolute atomic E-state index is 0.450. The van der Waals surface area contributed by atoms with Crippen molar-refractivity contribution in [2.75, 3.05) is 13.6 Å². The highest BCUT2D eigenvalue weighted by Gasteiger charge is 2.33. The van der Waals surface area contributed by atoms with E-state index in [2.05, 4.69) is 60.0 Å². The average Bonchev–Trinajstić information content (AvgIpc) is 3.25. The van der Waals surface area contributed by atoms with E-state index < -0.39 is 0 Å². The molecule has 1 aromatic carbocycles. The molecule has 0 saturated heterocycles. The Hall–Kier alpha value is -2.79. The van der Waals surface area contributed by atoms with Gasteiger partial charge in [-0.1, -0.05) is 49.8 Å². The number of rotatable bonds is 8. The summed E-state index contributed by atoms with van der Waals surface area (Å²) in [6, 6.07) is 14.1. The maximum Gasteiger partial charge on any atom is 0.247 e. The Kier molecular flexibility index (Phi) is 7.15. The van der Waals surface area contributed by atoms with Gasteiger partial charge in [-0.25, -0.2) is 0 Å². The highest BCUT2D eigenvalue weighted by atomic mass is 16.4. The largest absolute Gasteiger partial charge is 0.421 e. The Morgan fingerprint density at radius 3 is 2.62 bits per heavy atom. The topological polar surface area (TPSA) is 55.1 Å². The third kappa shape index (κ3) is 5.52. The molecule has 1 aliphatic rings. The fraction of sp³-hybridized carbons (Fsp3) is 0.444. The van der Waals surface area contributed by atoms with Crippen molar-refractivity contribution >= 4 is 0 Å². The molecule has 0 fully saturated rings. The molecule has 5 heteroatoms. The molecule has 3 atom stereocenters. The van der Waals surface area contributed by atoms with Crippen molar-refractivity contribution in [1.29, 1.82) is 0 Å². The van der Waals surface area contributed by atoms with Crippen LogP contribution >= 0.6 is 0 Å². The third-order valence-corrected chi connectivity index (χ3v) is 6.69. The molecule has 0 saturated carbocycles. The second kappa shape index (κ2) is 10.2. The van der Waals surface area contributed by atoms with Gasteiger partial charge in [-0.15, -0.1) is 10.2 Å². The van der Waals surface area contributed by atoms with E-state index in [-0.39, 0.29) is 0 Å². The molecule has 3 aromatic rings. The van der Waals surface area contributed by atoms with Gasteiger partial charge in [0.15, 0.2) is 0 Å². The first kappa shape index (κ1) is 22.4. The van der Waals surface area contributed by atoms with Crippen LogP contribution in [0.15, 0.2) is 70.9 Å². The summed E-state index contributed by atoms with van der Waals surface area (Å²) in [5.41, 5.74) is 3.68. The molecule has 0 bridgehead atoms. The molecule has 0 N–H and O–H groups in total. The van der Waals surface area contributed by atoms with Crippen molar-refractivity contribution in [1.82, 2.24) is 20.1 Å². The number of pyridine rings is 1. The average molecular weight is 431 g/mol. The molecule has 0 unspecified atom stereocenters. The lowest BCUT2D eigenvalue weighted by molar-refractivity contribution is 0.173. The molecule has 0 aliphatic heterocycles. The molecule has 5 nitrogen and oxygen atoms in total. The van der Waals surface area contributed by atoms with Crippen molar-refractivity contribution in [3.8, 4) is 11.5 Å². The quantitative estimate of drug-likeness (QED) is 0.432. The molecule has 0 spiro atoms. The van der Waals surface area contributed by atoms with Crippen molar-refractivity contribution in [2.45, 2.75) is 40.2 Å². The van der Waals surface area contributed by atoms with Crippen LogP contribution in [0.3, 0.4) is 0 Å². The summed E-state index contributed by atoms with van der Waals surface area (Å²) in [6.45, 7) is 8.95. The number of aromatic nitrogens is 3. The molecule has 2 heterocycles. The molecule has 4 rings (SSSR count). The third-order valence-electron chi connectivity index (χ3n) is 6.69. The van der Waals surface area contributed by atoms with Gasteiger partial charge >= 0.3 is 0 Å². The first-order valence-electron chi connectivity index (χ1n) is 11.6. The van der Waals surface area contributed by atoms with Gasteiger partial charge in [-0.05, 0) is 67.8 Å². The Balaban J connectivity index is 1.44. The van der Waals surface area contributed by atoms with E-state index in [1.54, 1.807) is 0 Å². The van der Waals surface area contributed by atoms with Gasteiger partial charge in [0.2, 0.25) is 11.8 Å². The smallest absolute Gasteiger partial charge is 0.247 e. The van der Waals surface area contributed by atoms with E-state index in [9.17, 15) is 0 Å². The first-order chi connectivity index (χ1) is 15.5. The van der Waals surface area contributed by atoms with Crippen LogP contribution < -0.4 is 0 Å². The zero-order valence-corrected chi connectivity index (χ0v) is 19.6. The molecule has 0 radical (unpaired) electrons. The summed E-state index contributed by atoms with van der Waals surface area (Å²) < 4.78 is 6.01. The summed E-state index contributed by atoms with van der Waals surface area (Å²) >= 11 is 0. The highest BCUT2D eigenvalue weighted by Crippen LogP contribution is 2.39. The highest BCUT2D eigenvalue weighted by molar-refractivity contribution is 5.51. The molecule has 0 amide bonds. The van der Waals surface area contributed by atoms with Gasteiger partial charge in [0.1, 0.15) is 0 Å². The van der Waals surface area contributed by atoms with Crippen molar-refractivity contribution in [3.63, 3.8) is 0 Å². The maximum atomic E-state index is 6.01. The van der Waals surface area contributed by atoms with Gasteiger partial charge in [-0.3, -0.25) is 4.98 Å². The normalized spacial score (nSPS) is 21.2. The molecule has 32 heavy (non-hydrogen) atoms. The van der Waals surface area contributed by atoms with Crippen LogP contribution in [-0.4, -0.2) is 33.7 Å². The zero-order chi connectivity index (χ0) is 22.5. The number of allylic oxidation sites excluding steroid dienone is 1. The van der Waals surface area contributed by atoms with E-state index >= 15 is 0 Å². The van der Waals surface area contributed by atoms with Crippen LogP contribution in [0.4, 0.5) is 0 Å². The summed E-state index contributed by atoms with van der Waals surface area (Å²) in [5, 5.41) is 8.62. The predicted octanol–water partition coefficient (Wildman–Crippen LogP) is 5.66. The van der Waals surface area contributed by atoms with E-state index in [0.717, 1.165) is 37.4 Å². The minimum Gasteiger partial charge on any atom is -0.421 e. The standard InChI is InChI=1S/C27H34N4O/c1-19(2)25-14-23(15-26-29-30-27(32-26)22-10-6-5-7-11-22)20(3)13-24(25)18-31(4)17-21-9-8-12-28-16-21/h5-13,16,19,23-25H,14-15,17-18H2,1-4H3/t23-,24-,25-/m0/s1. The van der Waals surface area contributed by atoms with E-state index in [1.165, 1.54) is 11.1 Å². The second-order valence-electron chi connectivity index (χ2n) is 9.54. The lowest BCUT2D eigenvalue weighted by Crippen LogP contribution is -2.35. The lowest BCUT2D eigenvalue weighted by atomic mass is 9.69. The Labute approximate surface area is 191 Å². The van der Waals surface area contributed by atoms with Crippen LogP contribution in [0, 0.1) is 23.7 Å². The molecule has 1 aliphatic carbocycles. The van der Waals surface area contributed by atoms with Gasteiger partial charge < -0.3 is 9.32 Å². The Morgan fingerprint density at radius 1 is 1.09 bits per heavy atom. The van der Waals surface area contributed by atoms with Crippen molar-refractivity contribution in [3.05, 3.63) is 78.0 Å². The fourth-order valence-electron chi connectivity index (χ4n) is 4.96. The summed E-state index contributed by atoms with van der Waals surface area (Å²) in [7, 11) is 2.21. The molecular weight excluding hydrogens is 396 g/mol. The minimum atomic E-state index is 0.450.